The van der Waals surface area contributed by atoms with Crippen molar-refractivity contribution in [2.24, 2.45) is 0 Å². The summed E-state index contributed by atoms with van der Waals surface area (Å²) < 4.78 is 28.6. The topological polar surface area (TPSA) is 75.4 Å². The minimum atomic E-state index is -0.881. The van der Waals surface area contributed by atoms with Gasteiger partial charge in [-0.2, -0.15) is 0 Å². The molecule has 31 heavy (non-hydrogen) atoms. The molecule has 0 unspecified atom stereocenters. The molecule has 0 spiro atoms. The SMILES string of the molecule is O=C1C(=O)N(CCCn2ccnc2)[C@H](c2ccc(F)cc2)/C1=C(\O)c1ccc(F)cc1. The Bertz CT molecular complexity index is 1120. The minimum Gasteiger partial charge on any atom is -0.507 e. The number of benzene rings is 2. The first-order valence-corrected chi connectivity index (χ1v) is 9.71. The van der Waals surface area contributed by atoms with Crippen molar-refractivity contribution in [3.05, 3.63) is 95.6 Å². The van der Waals surface area contributed by atoms with Gasteiger partial charge in [0.25, 0.3) is 11.7 Å². The number of rotatable bonds is 6. The Balaban J connectivity index is 1.72. The normalized spacial score (nSPS) is 18.0. The molecule has 1 saturated heterocycles. The van der Waals surface area contributed by atoms with Crippen molar-refractivity contribution in [1.82, 2.24) is 14.5 Å². The van der Waals surface area contributed by atoms with Crippen molar-refractivity contribution >= 4 is 17.4 Å². The number of Topliss-reactive ketones (excluding diaryl/α,β-unsaturated/α-hetero) is 1. The fourth-order valence-electron chi connectivity index (χ4n) is 3.71. The van der Waals surface area contributed by atoms with Crippen LogP contribution in [0.3, 0.4) is 0 Å². The average molecular weight is 423 g/mol. The zero-order valence-electron chi connectivity index (χ0n) is 16.4. The van der Waals surface area contributed by atoms with Gasteiger partial charge in [0.15, 0.2) is 0 Å². The third kappa shape index (κ3) is 4.09. The number of nitrogens with zero attached hydrogens (tertiary/aromatic N) is 3. The second kappa shape index (κ2) is 8.51. The van der Waals surface area contributed by atoms with E-state index in [4.69, 9.17) is 0 Å². The highest BCUT2D eigenvalue weighted by atomic mass is 19.1. The van der Waals surface area contributed by atoms with Gasteiger partial charge in [0.05, 0.1) is 17.9 Å². The second-order valence-corrected chi connectivity index (χ2v) is 7.20. The first-order chi connectivity index (χ1) is 15.0. The summed E-state index contributed by atoms with van der Waals surface area (Å²) in [6, 6.07) is 9.52. The van der Waals surface area contributed by atoms with Crippen LogP contribution in [0.25, 0.3) is 5.76 Å². The molecule has 1 aliphatic heterocycles. The summed E-state index contributed by atoms with van der Waals surface area (Å²) in [7, 11) is 0. The van der Waals surface area contributed by atoms with Gasteiger partial charge in [-0.25, -0.2) is 13.8 Å². The van der Waals surface area contributed by atoms with Gasteiger partial charge in [0.2, 0.25) is 0 Å². The molecule has 158 valence electrons. The molecule has 1 N–H and O–H groups in total. The quantitative estimate of drug-likeness (QED) is 0.373. The highest BCUT2D eigenvalue weighted by molar-refractivity contribution is 6.46. The lowest BCUT2D eigenvalue weighted by Gasteiger charge is -2.25. The summed E-state index contributed by atoms with van der Waals surface area (Å²) >= 11 is 0. The Kier molecular flexibility index (Phi) is 5.62. The number of carbonyl (C=O) groups is 2. The summed E-state index contributed by atoms with van der Waals surface area (Å²) in [5.74, 6) is -2.93. The second-order valence-electron chi connectivity index (χ2n) is 7.20. The molecule has 0 bridgehead atoms. The molecule has 1 atom stereocenters. The summed E-state index contributed by atoms with van der Waals surface area (Å²) in [5.41, 5.74) is 0.600. The van der Waals surface area contributed by atoms with Crippen LogP contribution in [0.15, 0.2) is 72.8 Å². The van der Waals surface area contributed by atoms with Crippen LogP contribution >= 0.6 is 0 Å². The number of amides is 1. The lowest BCUT2D eigenvalue weighted by molar-refractivity contribution is -0.139. The smallest absolute Gasteiger partial charge is 0.295 e. The van der Waals surface area contributed by atoms with E-state index in [2.05, 4.69) is 4.98 Å². The third-order valence-electron chi connectivity index (χ3n) is 5.22. The molecule has 3 aromatic rings. The van der Waals surface area contributed by atoms with E-state index in [1.165, 1.54) is 41.3 Å². The number of aliphatic hydroxyl groups is 1. The van der Waals surface area contributed by atoms with E-state index in [0.717, 1.165) is 12.1 Å². The molecular weight excluding hydrogens is 404 g/mol. The molecule has 1 fully saturated rings. The van der Waals surface area contributed by atoms with Crippen molar-refractivity contribution in [1.29, 1.82) is 0 Å². The van der Waals surface area contributed by atoms with Gasteiger partial charge >= 0.3 is 0 Å². The number of imidazole rings is 1. The Morgan fingerprint density at radius 1 is 0.968 bits per heavy atom. The fourth-order valence-corrected chi connectivity index (χ4v) is 3.71. The molecular formula is C23H19F2N3O3. The van der Waals surface area contributed by atoms with Gasteiger partial charge in [-0.05, 0) is 48.4 Å². The molecule has 1 aromatic heterocycles. The molecule has 1 amide bonds. The van der Waals surface area contributed by atoms with Gasteiger partial charge in [-0.3, -0.25) is 9.59 Å². The van der Waals surface area contributed by atoms with Crippen LogP contribution in [0.4, 0.5) is 8.78 Å². The monoisotopic (exact) mass is 423 g/mol. The van der Waals surface area contributed by atoms with Crippen molar-refractivity contribution in [3.8, 4) is 0 Å². The Labute approximate surface area is 177 Å². The molecule has 6 nitrogen and oxygen atoms in total. The lowest BCUT2D eigenvalue weighted by Crippen LogP contribution is -2.31. The summed E-state index contributed by atoms with van der Waals surface area (Å²) in [4.78, 5) is 31.0. The van der Waals surface area contributed by atoms with Crippen molar-refractivity contribution in [3.63, 3.8) is 0 Å². The summed E-state index contributed by atoms with van der Waals surface area (Å²) in [6.45, 7) is 0.822. The van der Waals surface area contributed by atoms with Crippen molar-refractivity contribution in [2.45, 2.75) is 19.0 Å². The lowest BCUT2D eigenvalue weighted by atomic mass is 9.95. The number of hydrogen-bond acceptors (Lipinski definition) is 4. The maximum Gasteiger partial charge on any atom is 0.295 e. The van der Waals surface area contributed by atoms with Crippen LogP contribution in [-0.2, 0) is 16.1 Å². The fraction of sp³-hybridized carbons (Fsp3) is 0.174. The van der Waals surface area contributed by atoms with Gasteiger partial charge in [0.1, 0.15) is 17.4 Å². The van der Waals surface area contributed by atoms with Gasteiger partial charge in [-0.15, -0.1) is 0 Å². The van der Waals surface area contributed by atoms with Gasteiger partial charge < -0.3 is 14.6 Å². The number of halogens is 2. The van der Waals surface area contributed by atoms with Gasteiger partial charge in [0, 0.05) is 31.0 Å². The minimum absolute atomic E-state index is 0.106. The first kappa shape index (κ1) is 20.5. The van der Waals surface area contributed by atoms with E-state index in [1.807, 2.05) is 4.57 Å². The molecule has 0 saturated carbocycles. The summed E-state index contributed by atoms with van der Waals surface area (Å²) in [5, 5.41) is 10.9. The standard InChI is InChI=1S/C23H19F2N3O3/c24-17-6-2-15(3-7-17)20-19(21(29)16-4-8-18(25)9-5-16)22(30)23(31)28(20)12-1-11-27-13-10-26-14-27/h2-10,13-14,20,29H,1,11-12H2/b21-19+/t20-/m1/s1. The van der Waals surface area contributed by atoms with E-state index >= 15 is 0 Å². The highest BCUT2D eigenvalue weighted by Gasteiger charge is 2.45. The number of likely N-dealkylation sites (tertiary alicyclic amines) is 1. The predicted molar refractivity (Wildman–Crippen MR) is 109 cm³/mol. The number of aromatic nitrogens is 2. The van der Waals surface area contributed by atoms with Crippen LogP contribution < -0.4 is 0 Å². The Hall–Kier alpha value is -3.81. The van der Waals surface area contributed by atoms with E-state index in [9.17, 15) is 23.5 Å². The first-order valence-electron chi connectivity index (χ1n) is 9.71. The predicted octanol–water partition coefficient (Wildman–Crippen LogP) is 3.67. The third-order valence-corrected chi connectivity index (χ3v) is 5.22. The van der Waals surface area contributed by atoms with E-state index in [1.54, 1.807) is 18.7 Å². The van der Waals surface area contributed by atoms with Crippen LogP contribution in [0.5, 0.6) is 0 Å². The zero-order chi connectivity index (χ0) is 22.0. The zero-order valence-corrected chi connectivity index (χ0v) is 16.4. The van der Waals surface area contributed by atoms with Crippen molar-refractivity contribution < 1.29 is 23.5 Å². The number of aliphatic hydroxyl groups excluding tert-OH is 1. The summed E-state index contributed by atoms with van der Waals surface area (Å²) in [6.07, 6.45) is 5.63. The molecule has 0 aliphatic carbocycles. The average Bonchev–Trinajstić information content (AvgIpc) is 3.37. The molecule has 4 rings (SSSR count). The van der Waals surface area contributed by atoms with Crippen molar-refractivity contribution in [2.75, 3.05) is 6.54 Å². The maximum atomic E-state index is 13.5. The van der Waals surface area contributed by atoms with Crippen LogP contribution in [0, 0.1) is 11.6 Å². The molecule has 0 radical (unpaired) electrons. The Morgan fingerprint density at radius 3 is 2.23 bits per heavy atom. The molecule has 8 heteroatoms. The van der Waals surface area contributed by atoms with Crippen LogP contribution in [0.2, 0.25) is 0 Å². The number of aryl methyl sites for hydroxylation is 1. The highest BCUT2D eigenvalue weighted by Crippen LogP contribution is 2.39. The number of ketones is 1. The molecule has 1 aliphatic rings. The largest absolute Gasteiger partial charge is 0.507 e. The van der Waals surface area contributed by atoms with Crippen LogP contribution in [0.1, 0.15) is 23.6 Å². The van der Waals surface area contributed by atoms with E-state index in [0.29, 0.717) is 18.5 Å². The maximum absolute atomic E-state index is 13.5. The van der Waals surface area contributed by atoms with E-state index in [-0.39, 0.29) is 17.7 Å². The number of carbonyl (C=O) groups excluding carboxylic acids is 2. The van der Waals surface area contributed by atoms with Crippen LogP contribution in [-0.4, -0.2) is 37.8 Å². The molecule has 2 aromatic carbocycles. The number of hydrogen-bond donors (Lipinski definition) is 1. The Morgan fingerprint density at radius 2 is 1.61 bits per heavy atom. The molecule has 2 heterocycles. The van der Waals surface area contributed by atoms with Gasteiger partial charge in [-0.1, -0.05) is 12.1 Å². The van der Waals surface area contributed by atoms with E-state index < -0.39 is 35.1 Å².